The Labute approximate surface area is 123 Å². The van der Waals surface area contributed by atoms with Crippen LogP contribution in [0, 0.1) is 6.92 Å². The first-order valence-electron chi connectivity index (χ1n) is 7.17. The molecule has 0 bridgehead atoms. The van der Waals surface area contributed by atoms with Gasteiger partial charge in [-0.2, -0.15) is 0 Å². The number of carboxylic acid groups (broad SMARTS) is 1. The SMILES string of the molecule is Cc1cc(C(=O)O)cc(NC2CCc3ccccc3C2)n1. The quantitative estimate of drug-likeness (QED) is 0.908. The Morgan fingerprint density at radius 2 is 2.05 bits per heavy atom. The third-order valence-electron chi connectivity index (χ3n) is 3.90. The molecule has 0 spiro atoms. The fourth-order valence-corrected chi connectivity index (χ4v) is 2.90. The maximum atomic E-state index is 11.1. The largest absolute Gasteiger partial charge is 0.478 e. The summed E-state index contributed by atoms with van der Waals surface area (Å²) in [5.74, 6) is -0.269. The lowest BCUT2D eigenvalue weighted by Gasteiger charge is -2.26. The first-order valence-corrected chi connectivity index (χ1v) is 7.17. The van der Waals surface area contributed by atoms with Crippen LogP contribution in [0.15, 0.2) is 36.4 Å². The van der Waals surface area contributed by atoms with Crippen molar-refractivity contribution in [2.24, 2.45) is 0 Å². The molecule has 1 aromatic heterocycles. The van der Waals surface area contributed by atoms with E-state index in [0.717, 1.165) is 19.3 Å². The van der Waals surface area contributed by atoms with Gasteiger partial charge in [-0.15, -0.1) is 0 Å². The number of anilines is 1. The van der Waals surface area contributed by atoms with Gasteiger partial charge in [0.15, 0.2) is 0 Å². The summed E-state index contributed by atoms with van der Waals surface area (Å²) in [5, 5.41) is 12.5. The number of rotatable bonds is 3. The summed E-state index contributed by atoms with van der Waals surface area (Å²) in [6.07, 6.45) is 3.04. The first kappa shape index (κ1) is 13.6. The summed E-state index contributed by atoms with van der Waals surface area (Å²) in [6.45, 7) is 1.81. The summed E-state index contributed by atoms with van der Waals surface area (Å²) < 4.78 is 0. The number of carbonyl (C=O) groups is 1. The van der Waals surface area contributed by atoms with Gasteiger partial charge in [0.05, 0.1) is 5.56 Å². The van der Waals surface area contributed by atoms with E-state index < -0.39 is 5.97 Å². The number of nitrogens with one attached hydrogen (secondary N) is 1. The minimum absolute atomic E-state index is 0.279. The molecule has 0 aliphatic heterocycles. The maximum Gasteiger partial charge on any atom is 0.335 e. The Bertz CT molecular complexity index is 682. The Morgan fingerprint density at radius 1 is 1.29 bits per heavy atom. The fraction of sp³-hybridized carbons (Fsp3) is 0.294. The lowest BCUT2D eigenvalue weighted by atomic mass is 9.88. The van der Waals surface area contributed by atoms with Crippen LogP contribution in [0.1, 0.15) is 33.6 Å². The van der Waals surface area contributed by atoms with Crippen molar-refractivity contribution in [1.82, 2.24) is 4.98 Å². The molecule has 4 nitrogen and oxygen atoms in total. The van der Waals surface area contributed by atoms with Gasteiger partial charge in [0, 0.05) is 11.7 Å². The predicted octanol–water partition coefficient (Wildman–Crippen LogP) is 3.06. The minimum Gasteiger partial charge on any atom is -0.478 e. The van der Waals surface area contributed by atoms with Crippen LogP contribution in [-0.2, 0) is 12.8 Å². The molecule has 108 valence electrons. The molecule has 1 atom stereocenters. The highest BCUT2D eigenvalue weighted by Crippen LogP contribution is 2.23. The van der Waals surface area contributed by atoms with E-state index in [4.69, 9.17) is 5.11 Å². The molecule has 0 radical (unpaired) electrons. The van der Waals surface area contributed by atoms with E-state index in [1.165, 1.54) is 11.1 Å². The van der Waals surface area contributed by atoms with Crippen LogP contribution in [0.25, 0.3) is 0 Å². The number of fused-ring (bicyclic) bond motifs is 1. The van der Waals surface area contributed by atoms with Crippen molar-refractivity contribution >= 4 is 11.8 Å². The van der Waals surface area contributed by atoms with E-state index in [1.807, 2.05) is 6.92 Å². The van der Waals surface area contributed by atoms with Gasteiger partial charge in [0.1, 0.15) is 5.82 Å². The van der Waals surface area contributed by atoms with E-state index in [1.54, 1.807) is 12.1 Å². The van der Waals surface area contributed by atoms with Crippen LogP contribution in [-0.4, -0.2) is 22.1 Å². The van der Waals surface area contributed by atoms with Gasteiger partial charge in [-0.05, 0) is 49.4 Å². The molecule has 3 rings (SSSR count). The lowest BCUT2D eigenvalue weighted by Crippen LogP contribution is -2.27. The summed E-state index contributed by atoms with van der Waals surface area (Å²) in [5.41, 5.74) is 3.78. The molecule has 1 unspecified atom stereocenters. The molecule has 0 saturated carbocycles. The normalized spacial score (nSPS) is 17.1. The van der Waals surface area contributed by atoms with E-state index in [2.05, 4.69) is 34.6 Å². The summed E-state index contributed by atoms with van der Waals surface area (Å²) in [7, 11) is 0. The average molecular weight is 282 g/mol. The van der Waals surface area contributed by atoms with E-state index in [9.17, 15) is 4.79 Å². The monoisotopic (exact) mass is 282 g/mol. The van der Waals surface area contributed by atoms with Crippen molar-refractivity contribution in [1.29, 1.82) is 0 Å². The zero-order valence-corrected chi connectivity index (χ0v) is 12.0. The van der Waals surface area contributed by atoms with Crippen LogP contribution in [0.4, 0.5) is 5.82 Å². The number of pyridine rings is 1. The van der Waals surface area contributed by atoms with Gasteiger partial charge >= 0.3 is 5.97 Å². The van der Waals surface area contributed by atoms with E-state index in [-0.39, 0.29) is 5.56 Å². The van der Waals surface area contributed by atoms with Gasteiger partial charge in [0.25, 0.3) is 0 Å². The predicted molar refractivity (Wildman–Crippen MR) is 81.8 cm³/mol. The number of hydrogen-bond donors (Lipinski definition) is 2. The number of aromatic nitrogens is 1. The molecule has 1 aliphatic carbocycles. The van der Waals surface area contributed by atoms with Gasteiger partial charge in [-0.1, -0.05) is 24.3 Å². The van der Waals surface area contributed by atoms with Crippen LogP contribution in [0.2, 0.25) is 0 Å². The highest BCUT2D eigenvalue weighted by Gasteiger charge is 2.19. The van der Waals surface area contributed by atoms with Gasteiger partial charge in [0.2, 0.25) is 0 Å². The number of aryl methyl sites for hydroxylation is 2. The summed E-state index contributed by atoms with van der Waals surface area (Å²) in [6, 6.07) is 12.0. The van der Waals surface area contributed by atoms with Crippen molar-refractivity contribution in [3.63, 3.8) is 0 Å². The molecule has 4 heteroatoms. The van der Waals surface area contributed by atoms with Gasteiger partial charge in [-0.25, -0.2) is 9.78 Å². The number of aromatic carboxylic acids is 1. The van der Waals surface area contributed by atoms with Crippen molar-refractivity contribution in [3.8, 4) is 0 Å². The second kappa shape index (κ2) is 5.56. The summed E-state index contributed by atoms with van der Waals surface area (Å²) >= 11 is 0. The van der Waals surface area contributed by atoms with Crippen LogP contribution in [0.5, 0.6) is 0 Å². The number of nitrogens with zero attached hydrogens (tertiary/aromatic N) is 1. The highest BCUT2D eigenvalue weighted by atomic mass is 16.4. The van der Waals surface area contributed by atoms with Crippen LogP contribution in [0.3, 0.4) is 0 Å². The molecule has 0 saturated heterocycles. The molecule has 1 aliphatic rings. The summed E-state index contributed by atoms with van der Waals surface area (Å²) in [4.78, 5) is 15.5. The fourth-order valence-electron chi connectivity index (χ4n) is 2.90. The van der Waals surface area contributed by atoms with E-state index >= 15 is 0 Å². The number of carboxylic acids is 1. The van der Waals surface area contributed by atoms with Crippen molar-refractivity contribution < 1.29 is 9.90 Å². The maximum absolute atomic E-state index is 11.1. The zero-order valence-electron chi connectivity index (χ0n) is 12.0. The molecule has 0 amide bonds. The Morgan fingerprint density at radius 3 is 2.81 bits per heavy atom. The Balaban J connectivity index is 1.78. The molecule has 1 heterocycles. The topological polar surface area (TPSA) is 62.2 Å². The standard InChI is InChI=1S/C17H18N2O2/c1-11-8-14(17(20)21)10-16(18-11)19-15-7-6-12-4-2-3-5-13(12)9-15/h2-5,8,10,15H,6-7,9H2,1H3,(H,18,19)(H,20,21). The van der Waals surface area contributed by atoms with Gasteiger partial charge < -0.3 is 10.4 Å². The molecule has 1 aromatic carbocycles. The molecular weight excluding hydrogens is 264 g/mol. The van der Waals surface area contributed by atoms with E-state index in [0.29, 0.717) is 17.6 Å². The smallest absolute Gasteiger partial charge is 0.335 e. The zero-order chi connectivity index (χ0) is 14.8. The average Bonchev–Trinajstić information content (AvgIpc) is 2.46. The lowest BCUT2D eigenvalue weighted by molar-refractivity contribution is 0.0696. The molecule has 2 N–H and O–H groups in total. The second-order valence-corrected chi connectivity index (χ2v) is 5.54. The molecule has 2 aromatic rings. The highest BCUT2D eigenvalue weighted by molar-refractivity contribution is 5.88. The van der Waals surface area contributed by atoms with Crippen LogP contribution >= 0.6 is 0 Å². The number of benzene rings is 1. The minimum atomic E-state index is -0.919. The first-order chi connectivity index (χ1) is 10.1. The second-order valence-electron chi connectivity index (χ2n) is 5.54. The van der Waals surface area contributed by atoms with Crippen molar-refractivity contribution in [2.45, 2.75) is 32.2 Å². The van der Waals surface area contributed by atoms with Crippen molar-refractivity contribution in [3.05, 3.63) is 58.8 Å². The third kappa shape index (κ3) is 3.05. The Kier molecular flexibility index (Phi) is 3.60. The van der Waals surface area contributed by atoms with Crippen molar-refractivity contribution in [2.75, 3.05) is 5.32 Å². The van der Waals surface area contributed by atoms with Gasteiger partial charge in [-0.3, -0.25) is 0 Å². The third-order valence-corrected chi connectivity index (χ3v) is 3.90. The Hall–Kier alpha value is -2.36. The molecule has 0 fully saturated rings. The molecular formula is C17H18N2O2. The number of hydrogen-bond acceptors (Lipinski definition) is 3. The molecule has 21 heavy (non-hydrogen) atoms. The van der Waals surface area contributed by atoms with Crippen LogP contribution < -0.4 is 5.32 Å².